The third-order valence-corrected chi connectivity index (χ3v) is 3.66. The summed E-state index contributed by atoms with van der Waals surface area (Å²) in [7, 11) is 0. The molecule has 1 aromatic rings. The molecule has 1 fully saturated rings. The number of nitrogens with zero attached hydrogens (tertiary/aromatic N) is 2. The summed E-state index contributed by atoms with van der Waals surface area (Å²) >= 11 is 0. The van der Waals surface area contributed by atoms with Crippen LogP contribution < -0.4 is 0 Å². The highest BCUT2D eigenvalue weighted by molar-refractivity contribution is 5.80. The van der Waals surface area contributed by atoms with Gasteiger partial charge in [0.2, 0.25) is 5.91 Å². The first-order valence-electron chi connectivity index (χ1n) is 6.65. The Morgan fingerprint density at radius 1 is 1.37 bits per heavy atom. The van der Waals surface area contributed by atoms with Gasteiger partial charge in [0.15, 0.2) is 0 Å². The van der Waals surface area contributed by atoms with E-state index in [1.807, 2.05) is 0 Å². The number of phenolic OH excluding ortho intramolecular Hbond substituents is 1. The molecule has 1 aliphatic rings. The van der Waals surface area contributed by atoms with Crippen LogP contribution in [0.1, 0.15) is 31.2 Å². The van der Waals surface area contributed by atoms with E-state index in [-0.39, 0.29) is 30.7 Å². The first-order chi connectivity index (χ1) is 9.22. The van der Waals surface area contributed by atoms with E-state index in [0.717, 1.165) is 25.7 Å². The Bertz CT molecular complexity index is 487. The first-order valence-corrected chi connectivity index (χ1v) is 6.65. The Kier molecular flexibility index (Phi) is 4.40. The smallest absolute Gasteiger partial charge is 0.228 e. The molecule has 0 radical (unpaired) electrons. The number of rotatable bonds is 4. The van der Waals surface area contributed by atoms with E-state index in [9.17, 15) is 9.90 Å². The fourth-order valence-corrected chi connectivity index (χ4v) is 2.64. The van der Waals surface area contributed by atoms with Gasteiger partial charge in [0, 0.05) is 11.6 Å². The van der Waals surface area contributed by atoms with Gasteiger partial charge in [-0.15, -0.1) is 0 Å². The van der Waals surface area contributed by atoms with Gasteiger partial charge in [0.1, 0.15) is 12.3 Å². The molecule has 0 spiro atoms. The van der Waals surface area contributed by atoms with Gasteiger partial charge in [-0.05, 0) is 18.9 Å². The number of phenols is 1. The highest BCUT2D eigenvalue weighted by Gasteiger charge is 2.26. The number of carbonyl (C=O) groups excluding carboxylic acids is 1. The SMILES string of the molecule is N#CCN(C(=O)Cc1ccccc1O)C1CCCC1. The Labute approximate surface area is 113 Å². The average Bonchev–Trinajstić information content (AvgIpc) is 2.92. The van der Waals surface area contributed by atoms with Gasteiger partial charge in [-0.3, -0.25) is 4.79 Å². The van der Waals surface area contributed by atoms with Crippen LogP contribution in [0.2, 0.25) is 0 Å². The molecule has 1 amide bonds. The zero-order valence-electron chi connectivity index (χ0n) is 10.9. The third kappa shape index (κ3) is 3.25. The summed E-state index contributed by atoms with van der Waals surface area (Å²) in [6, 6.07) is 9.11. The number of para-hydroxylation sites is 1. The van der Waals surface area contributed by atoms with E-state index in [1.165, 1.54) is 0 Å². The maximum atomic E-state index is 12.3. The van der Waals surface area contributed by atoms with Crippen LogP contribution in [-0.2, 0) is 11.2 Å². The van der Waals surface area contributed by atoms with Crippen molar-refractivity contribution >= 4 is 5.91 Å². The molecule has 1 aliphatic carbocycles. The lowest BCUT2D eigenvalue weighted by molar-refractivity contribution is -0.132. The second kappa shape index (κ2) is 6.24. The number of nitriles is 1. The number of carbonyl (C=O) groups is 1. The Morgan fingerprint density at radius 3 is 2.68 bits per heavy atom. The van der Waals surface area contributed by atoms with Crippen molar-refractivity contribution < 1.29 is 9.90 Å². The lowest BCUT2D eigenvalue weighted by atomic mass is 10.1. The van der Waals surface area contributed by atoms with Crippen molar-refractivity contribution in [1.29, 1.82) is 5.26 Å². The highest BCUT2D eigenvalue weighted by Crippen LogP contribution is 2.25. The minimum absolute atomic E-state index is 0.0741. The van der Waals surface area contributed by atoms with Crippen molar-refractivity contribution in [1.82, 2.24) is 4.90 Å². The third-order valence-electron chi connectivity index (χ3n) is 3.66. The largest absolute Gasteiger partial charge is 0.508 e. The van der Waals surface area contributed by atoms with Crippen LogP contribution >= 0.6 is 0 Å². The molecule has 4 nitrogen and oxygen atoms in total. The Hall–Kier alpha value is -2.02. The van der Waals surface area contributed by atoms with Crippen molar-refractivity contribution in [3.8, 4) is 11.8 Å². The molecule has 19 heavy (non-hydrogen) atoms. The molecule has 0 aromatic heterocycles. The molecular weight excluding hydrogens is 240 g/mol. The summed E-state index contributed by atoms with van der Waals surface area (Å²) < 4.78 is 0. The number of hydrogen-bond donors (Lipinski definition) is 1. The molecule has 4 heteroatoms. The highest BCUT2D eigenvalue weighted by atomic mass is 16.3. The van der Waals surface area contributed by atoms with Crippen LogP contribution in [-0.4, -0.2) is 28.5 Å². The number of benzene rings is 1. The van der Waals surface area contributed by atoms with E-state index < -0.39 is 0 Å². The first kappa shape index (κ1) is 13.4. The number of amides is 1. The summed E-state index contributed by atoms with van der Waals surface area (Å²) in [6.07, 6.45) is 4.36. The molecule has 2 rings (SSSR count). The fourth-order valence-electron chi connectivity index (χ4n) is 2.64. The monoisotopic (exact) mass is 258 g/mol. The number of aromatic hydroxyl groups is 1. The molecule has 1 N–H and O–H groups in total. The average molecular weight is 258 g/mol. The van der Waals surface area contributed by atoms with E-state index in [2.05, 4.69) is 6.07 Å². The standard InChI is InChI=1S/C15H18N2O2/c16-9-10-17(13-6-2-3-7-13)15(19)11-12-5-1-4-8-14(12)18/h1,4-5,8,13,18H,2-3,6-7,10-11H2. The minimum Gasteiger partial charge on any atom is -0.508 e. The second-order valence-corrected chi connectivity index (χ2v) is 4.92. The summed E-state index contributed by atoms with van der Waals surface area (Å²) in [6.45, 7) is 0.136. The van der Waals surface area contributed by atoms with Crippen molar-refractivity contribution in [2.24, 2.45) is 0 Å². The van der Waals surface area contributed by atoms with E-state index >= 15 is 0 Å². The molecule has 0 unspecified atom stereocenters. The molecule has 100 valence electrons. The topological polar surface area (TPSA) is 64.3 Å². The van der Waals surface area contributed by atoms with Crippen LogP contribution in [0, 0.1) is 11.3 Å². The lowest BCUT2D eigenvalue weighted by Gasteiger charge is -2.26. The molecular formula is C15H18N2O2. The quantitative estimate of drug-likeness (QED) is 0.842. The lowest BCUT2D eigenvalue weighted by Crippen LogP contribution is -2.40. The van der Waals surface area contributed by atoms with Crippen LogP contribution in [0.3, 0.4) is 0 Å². The predicted molar refractivity (Wildman–Crippen MR) is 71.4 cm³/mol. The maximum Gasteiger partial charge on any atom is 0.228 e. The fraction of sp³-hybridized carbons (Fsp3) is 0.467. The van der Waals surface area contributed by atoms with Gasteiger partial charge >= 0.3 is 0 Å². The minimum atomic E-state index is -0.0741. The molecule has 0 bridgehead atoms. The van der Waals surface area contributed by atoms with Crippen LogP contribution in [0.25, 0.3) is 0 Å². The van der Waals surface area contributed by atoms with Gasteiger partial charge in [-0.1, -0.05) is 31.0 Å². The molecule has 1 saturated carbocycles. The van der Waals surface area contributed by atoms with E-state index in [0.29, 0.717) is 5.56 Å². The second-order valence-electron chi connectivity index (χ2n) is 4.92. The zero-order chi connectivity index (χ0) is 13.7. The normalized spacial score (nSPS) is 15.1. The predicted octanol–water partition coefficient (Wildman–Crippen LogP) is 2.23. The van der Waals surface area contributed by atoms with Gasteiger partial charge in [-0.25, -0.2) is 0 Å². The van der Waals surface area contributed by atoms with Crippen molar-refractivity contribution in [2.45, 2.75) is 38.1 Å². The molecule has 0 heterocycles. The molecule has 1 aromatic carbocycles. The summed E-state index contributed by atoms with van der Waals surface area (Å²) in [5.74, 6) is 0.0640. The van der Waals surface area contributed by atoms with Crippen LogP contribution in [0.4, 0.5) is 0 Å². The summed E-state index contributed by atoms with van der Waals surface area (Å²) in [5, 5.41) is 18.6. The molecule has 0 atom stereocenters. The molecule has 0 saturated heterocycles. The zero-order valence-corrected chi connectivity index (χ0v) is 10.9. The van der Waals surface area contributed by atoms with E-state index in [4.69, 9.17) is 5.26 Å². The Balaban J connectivity index is 2.07. The van der Waals surface area contributed by atoms with Gasteiger partial charge in [0.05, 0.1) is 12.5 Å². The van der Waals surface area contributed by atoms with E-state index in [1.54, 1.807) is 29.2 Å². The van der Waals surface area contributed by atoms with Gasteiger partial charge in [-0.2, -0.15) is 5.26 Å². The van der Waals surface area contributed by atoms with Gasteiger partial charge in [0.25, 0.3) is 0 Å². The molecule has 0 aliphatic heterocycles. The Morgan fingerprint density at radius 2 is 2.05 bits per heavy atom. The summed E-state index contributed by atoms with van der Waals surface area (Å²) in [5.41, 5.74) is 0.619. The van der Waals surface area contributed by atoms with Crippen LogP contribution in [0.5, 0.6) is 5.75 Å². The van der Waals surface area contributed by atoms with Crippen LogP contribution in [0.15, 0.2) is 24.3 Å². The summed E-state index contributed by atoms with van der Waals surface area (Å²) in [4.78, 5) is 14.0. The van der Waals surface area contributed by atoms with Gasteiger partial charge < -0.3 is 10.0 Å². The van der Waals surface area contributed by atoms with Crippen molar-refractivity contribution in [3.05, 3.63) is 29.8 Å². The van der Waals surface area contributed by atoms with Crippen molar-refractivity contribution in [2.75, 3.05) is 6.54 Å². The van der Waals surface area contributed by atoms with Crippen molar-refractivity contribution in [3.63, 3.8) is 0 Å². The number of hydrogen-bond acceptors (Lipinski definition) is 3. The maximum absolute atomic E-state index is 12.3.